The van der Waals surface area contributed by atoms with E-state index in [9.17, 15) is 14.7 Å². The van der Waals surface area contributed by atoms with Crippen LogP contribution in [0.4, 0.5) is 10.1 Å². The first-order chi connectivity index (χ1) is 16.5. The standard InChI is InChI=1S/C25H32FN5O3/c26-21-15-19-22(31(18-3-4-18)17-20(24(19)32)25(33)34)16-23(21)30-13-11-29(12-14-30)8-2-1-7-28-9-5-27-6-10-28/h1-2,15-18,27H,3-14H2,(H,33,34)/b2-1+. The molecule has 182 valence electrons. The summed E-state index contributed by atoms with van der Waals surface area (Å²) >= 11 is 0. The summed E-state index contributed by atoms with van der Waals surface area (Å²) in [7, 11) is 0. The number of nitrogens with zero attached hydrogens (tertiary/aromatic N) is 4. The van der Waals surface area contributed by atoms with Crippen molar-refractivity contribution in [3.63, 3.8) is 0 Å². The Kier molecular flexibility index (Phi) is 6.67. The number of halogens is 1. The molecule has 5 rings (SSSR count). The van der Waals surface area contributed by atoms with E-state index in [0.717, 1.165) is 65.2 Å². The molecule has 3 aliphatic rings. The third-order valence-corrected chi connectivity index (χ3v) is 7.09. The molecule has 0 radical (unpaired) electrons. The zero-order valence-corrected chi connectivity index (χ0v) is 19.4. The molecular weight excluding hydrogens is 437 g/mol. The van der Waals surface area contributed by atoms with Crippen LogP contribution in [-0.2, 0) is 0 Å². The molecule has 9 heteroatoms. The average Bonchev–Trinajstić information content (AvgIpc) is 3.68. The average molecular weight is 470 g/mol. The predicted molar refractivity (Wildman–Crippen MR) is 130 cm³/mol. The molecule has 3 heterocycles. The Morgan fingerprint density at radius 2 is 1.68 bits per heavy atom. The molecule has 2 aliphatic heterocycles. The van der Waals surface area contributed by atoms with Crippen LogP contribution in [-0.4, -0.2) is 90.9 Å². The highest BCUT2D eigenvalue weighted by molar-refractivity contribution is 5.93. The van der Waals surface area contributed by atoms with E-state index >= 15 is 4.39 Å². The van der Waals surface area contributed by atoms with Gasteiger partial charge in [0.05, 0.1) is 11.2 Å². The van der Waals surface area contributed by atoms with E-state index < -0.39 is 17.2 Å². The van der Waals surface area contributed by atoms with Crippen LogP contribution in [0.25, 0.3) is 10.9 Å². The Balaban J connectivity index is 1.27. The van der Waals surface area contributed by atoms with E-state index in [0.29, 0.717) is 24.3 Å². The number of hydrogen-bond donors (Lipinski definition) is 2. The van der Waals surface area contributed by atoms with Crippen molar-refractivity contribution in [2.75, 3.05) is 70.3 Å². The smallest absolute Gasteiger partial charge is 0.341 e. The first-order valence-electron chi connectivity index (χ1n) is 12.2. The van der Waals surface area contributed by atoms with Crippen LogP contribution in [0, 0.1) is 5.82 Å². The Morgan fingerprint density at radius 1 is 1.03 bits per heavy atom. The lowest BCUT2D eigenvalue weighted by molar-refractivity contribution is 0.0695. The van der Waals surface area contributed by atoms with Crippen LogP contribution in [0.3, 0.4) is 0 Å². The van der Waals surface area contributed by atoms with E-state index in [4.69, 9.17) is 0 Å². The maximum atomic E-state index is 15.1. The van der Waals surface area contributed by atoms with Gasteiger partial charge < -0.3 is 19.9 Å². The highest BCUT2D eigenvalue weighted by atomic mass is 19.1. The normalized spacial score (nSPS) is 20.4. The number of carboxylic acid groups (broad SMARTS) is 1. The van der Waals surface area contributed by atoms with Crippen molar-refractivity contribution in [3.05, 3.63) is 52.1 Å². The van der Waals surface area contributed by atoms with Crippen molar-refractivity contribution in [1.29, 1.82) is 0 Å². The Bertz CT molecular complexity index is 1150. The molecule has 0 atom stereocenters. The second-order valence-electron chi connectivity index (χ2n) is 9.45. The minimum Gasteiger partial charge on any atom is -0.477 e. The number of hydrogen-bond acceptors (Lipinski definition) is 6. The number of benzene rings is 1. The summed E-state index contributed by atoms with van der Waals surface area (Å²) in [6, 6.07) is 3.13. The number of fused-ring (bicyclic) bond motifs is 1. The van der Waals surface area contributed by atoms with E-state index in [1.165, 1.54) is 12.3 Å². The van der Waals surface area contributed by atoms with Crippen molar-refractivity contribution in [3.8, 4) is 0 Å². The van der Waals surface area contributed by atoms with Crippen molar-refractivity contribution in [1.82, 2.24) is 19.7 Å². The second-order valence-corrected chi connectivity index (χ2v) is 9.45. The molecule has 0 amide bonds. The molecule has 1 saturated carbocycles. The second kappa shape index (κ2) is 9.85. The lowest BCUT2D eigenvalue weighted by Gasteiger charge is -2.36. The summed E-state index contributed by atoms with van der Waals surface area (Å²) in [6.07, 6.45) is 7.76. The number of carbonyl (C=O) groups is 1. The van der Waals surface area contributed by atoms with Gasteiger partial charge >= 0.3 is 5.97 Å². The summed E-state index contributed by atoms with van der Waals surface area (Å²) in [5, 5.41) is 12.9. The minimum absolute atomic E-state index is 0.140. The molecule has 3 fully saturated rings. The minimum atomic E-state index is -1.27. The lowest BCUT2D eigenvalue weighted by atomic mass is 10.1. The van der Waals surface area contributed by atoms with Gasteiger partial charge in [-0.3, -0.25) is 14.6 Å². The lowest BCUT2D eigenvalue weighted by Crippen LogP contribution is -2.46. The molecular formula is C25H32FN5O3. The number of aromatic nitrogens is 1. The quantitative estimate of drug-likeness (QED) is 0.598. The predicted octanol–water partition coefficient (Wildman–Crippen LogP) is 1.76. The van der Waals surface area contributed by atoms with E-state index in [1.807, 2.05) is 9.47 Å². The zero-order chi connectivity index (χ0) is 23.7. The largest absolute Gasteiger partial charge is 0.477 e. The summed E-state index contributed by atoms with van der Waals surface area (Å²) in [6.45, 7) is 9.24. The Morgan fingerprint density at radius 3 is 2.29 bits per heavy atom. The maximum absolute atomic E-state index is 15.1. The summed E-state index contributed by atoms with van der Waals surface area (Å²) in [5.74, 6) is -1.75. The number of nitrogens with one attached hydrogen (secondary N) is 1. The fourth-order valence-corrected chi connectivity index (χ4v) is 4.92. The van der Waals surface area contributed by atoms with Gasteiger partial charge in [0.1, 0.15) is 11.4 Å². The van der Waals surface area contributed by atoms with Crippen molar-refractivity contribution in [2.45, 2.75) is 18.9 Å². The van der Waals surface area contributed by atoms with Crippen LogP contribution in [0.1, 0.15) is 29.2 Å². The van der Waals surface area contributed by atoms with Crippen molar-refractivity contribution in [2.24, 2.45) is 0 Å². The zero-order valence-electron chi connectivity index (χ0n) is 19.4. The third-order valence-electron chi connectivity index (χ3n) is 7.09. The number of rotatable bonds is 7. The third kappa shape index (κ3) is 4.87. The molecule has 0 spiro atoms. The molecule has 1 aromatic carbocycles. The highest BCUT2D eigenvalue weighted by Gasteiger charge is 2.28. The van der Waals surface area contributed by atoms with Gasteiger partial charge in [-0.15, -0.1) is 0 Å². The molecule has 1 aliphatic carbocycles. The molecule has 1 aromatic heterocycles. The van der Waals surface area contributed by atoms with Crippen LogP contribution < -0.4 is 15.6 Å². The molecule has 8 nitrogen and oxygen atoms in total. The molecule has 2 saturated heterocycles. The van der Waals surface area contributed by atoms with Crippen LogP contribution >= 0.6 is 0 Å². The molecule has 0 unspecified atom stereocenters. The molecule has 2 aromatic rings. The topological polar surface area (TPSA) is 81.1 Å². The fourth-order valence-electron chi connectivity index (χ4n) is 4.92. The van der Waals surface area contributed by atoms with E-state index in [2.05, 4.69) is 27.3 Å². The van der Waals surface area contributed by atoms with E-state index in [-0.39, 0.29) is 17.0 Å². The van der Waals surface area contributed by atoms with Gasteiger partial charge in [-0.25, -0.2) is 9.18 Å². The van der Waals surface area contributed by atoms with Gasteiger partial charge in [-0.05, 0) is 25.0 Å². The van der Waals surface area contributed by atoms with Gasteiger partial charge in [0, 0.05) is 83.1 Å². The van der Waals surface area contributed by atoms with Gasteiger partial charge in [0.25, 0.3) is 0 Å². The number of aromatic carboxylic acids is 1. The number of carboxylic acids is 1. The number of pyridine rings is 1. The number of piperazine rings is 2. The summed E-state index contributed by atoms with van der Waals surface area (Å²) in [4.78, 5) is 31.0. The first-order valence-corrected chi connectivity index (χ1v) is 12.2. The van der Waals surface area contributed by atoms with Gasteiger partial charge in [-0.2, -0.15) is 0 Å². The fraction of sp³-hybridized carbons (Fsp3) is 0.520. The van der Waals surface area contributed by atoms with Gasteiger partial charge in [-0.1, -0.05) is 12.2 Å². The van der Waals surface area contributed by atoms with Crippen molar-refractivity contribution < 1.29 is 14.3 Å². The highest BCUT2D eigenvalue weighted by Crippen LogP contribution is 2.38. The first kappa shape index (κ1) is 23.0. The Hall–Kier alpha value is -2.75. The summed E-state index contributed by atoms with van der Waals surface area (Å²) < 4.78 is 17.0. The summed E-state index contributed by atoms with van der Waals surface area (Å²) in [5.41, 5.74) is 0.179. The van der Waals surface area contributed by atoms with Crippen LogP contribution in [0.5, 0.6) is 0 Å². The van der Waals surface area contributed by atoms with Gasteiger partial charge in [0.2, 0.25) is 5.43 Å². The van der Waals surface area contributed by atoms with Gasteiger partial charge in [0.15, 0.2) is 0 Å². The monoisotopic (exact) mass is 469 g/mol. The molecule has 0 bridgehead atoms. The molecule has 2 N–H and O–H groups in total. The maximum Gasteiger partial charge on any atom is 0.341 e. The van der Waals surface area contributed by atoms with Crippen LogP contribution in [0.2, 0.25) is 0 Å². The Labute approximate surface area is 198 Å². The van der Waals surface area contributed by atoms with Crippen molar-refractivity contribution >= 4 is 22.6 Å². The van der Waals surface area contributed by atoms with E-state index in [1.54, 1.807) is 6.07 Å². The van der Waals surface area contributed by atoms with Crippen LogP contribution in [0.15, 0.2) is 35.3 Å². The SMILES string of the molecule is O=C(O)c1cn(C2CC2)c2cc(N3CCN(C/C=C/CN4CCNCC4)CC3)c(F)cc2c1=O. The number of anilines is 1. The molecule has 34 heavy (non-hydrogen) atoms.